The number of nitrogens with zero attached hydrogens (tertiary/aromatic N) is 2. The van der Waals surface area contributed by atoms with Gasteiger partial charge in [0.05, 0.1) is 23.5 Å². The lowest BCUT2D eigenvalue weighted by atomic mass is 10.0. The quantitative estimate of drug-likeness (QED) is 0.281. The molecule has 3 aromatic carbocycles. The molecule has 1 aromatic heterocycles. The van der Waals surface area contributed by atoms with Crippen LogP contribution in [-0.4, -0.2) is 22.9 Å². The summed E-state index contributed by atoms with van der Waals surface area (Å²) in [5.41, 5.74) is 6.46. The number of aryl methyl sites for hydroxylation is 1. The van der Waals surface area contributed by atoms with Crippen LogP contribution in [0.4, 0.5) is 16.2 Å². The number of rotatable bonds is 6. The van der Waals surface area contributed by atoms with Crippen LogP contribution in [0.5, 0.6) is 5.75 Å². The van der Waals surface area contributed by atoms with Gasteiger partial charge in [-0.25, -0.2) is 4.79 Å². The van der Waals surface area contributed by atoms with Crippen LogP contribution in [0, 0.1) is 0 Å². The summed E-state index contributed by atoms with van der Waals surface area (Å²) in [5.74, 6) is 1.23. The molecular formula is C27H27BrN4O2. The summed E-state index contributed by atoms with van der Waals surface area (Å²) in [6.07, 6.45) is 1.76. The van der Waals surface area contributed by atoms with E-state index in [-0.39, 0.29) is 6.03 Å². The Morgan fingerprint density at radius 2 is 1.56 bits per heavy atom. The zero-order valence-corrected chi connectivity index (χ0v) is 21.2. The van der Waals surface area contributed by atoms with E-state index in [2.05, 4.69) is 51.6 Å². The Balaban J connectivity index is 1.65. The Morgan fingerprint density at radius 3 is 2.15 bits per heavy atom. The fourth-order valence-corrected chi connectivity index (χ4v) is 4.34. The molecule has 1 heterocycles. The van der Waals surface area contributed by atoms with E-state index in [1.807, 2.05) is 67.7 Å². The van der Waals surface area contributed by atoms with Gasteiger partial charge in [0, 0.05) is 24.0 Å². The maximum Gasteiger partial charge on any atom is 0.323 e. The van der Waals surface area contributed by atoms with Gasteiger partial charge in [0.2, 0.25) is 0 Å². The fourth-order valence-electron chi connectivity index (χ4n) is 3.77. The number of amides is 2. The standard InChI is InChI=1S/C27H27BrN4O2/c1-17(2)18-5-9-22(10-6-18)30-27(33)31-23-14-20(19-7-11-24(34-4)12-8-19)13-21(15-23)26-25(28)16-29-32(26)3/h5-17H,1-4H3,(H2,30,31,33). The molecule has 0 aliphatic rings. The Morgan fingerprint density at radius 1 is 0.912 bits per heavy atom. The maximum absolute atomic E-state index is 12.8. The molecule has 0 spiro atoms. The highest BCUT2D eigenvalue weighted by Crippen LogP contribution is 2.34. The molecule has 34 heavy (non-hydrogen) atoms. The van der Waals surface area contributed by atoms with E-state index in [1.165, 1.54) is 5.56 Å². The molecule has 0 unspecified atom stereocenters. The van der Waals surface area contributed by atoms with Crippen LogP contribution in [0.3, 0.4) is 0 Å². The van der Waals surface area contributed by atoms with Gasteiger partial charge in [-0.2, -0.15) is 5.10 Å². The van der Waals surface area contributed by atoms with E-state index in [1.54, 1.807) is 18.0 Å². The smallest absolute Gasteiger partial charge is 0.323 e. The monoisotopic (exact) mass is 518 g/mol. The van der Waals surface area contributed by atoms with Crippen LogP contribution < -0.4 is 15.4 Å². The summed E-state index contributed by atoms with van der Waals surface area (Å²) < 4.78 is 7.97. The van der Waals surface area contributed by atoms with E-state index < -0.39 is 0 Å². The minimum atomic E-state index is -0.306. The average molecular weight is 519 g/mol. The van der Waals surface area contributed by atoms with Gasteiger partial charge in [0.25, 0.3) is 0 Å². The van der Waals surface area contributed by atoms with Crippen molar-refractivity contribution in [3.63, 3.8) is 0 Å². The van der Waals surface area contributed by atoms with Crippen LogP contribution in [0.15, 0.2) is 77.4 Å². The number of carbonyl (C=O) groups excluding carboxylic acids is 1. The van der Waals surface area contributed by atoms with Crippen LogP contribution in [0.1, 0.15) is 25.3 Å². The summed E-state index contributed by atoms with van der Waals surface area (Å²) in [7, 11) is 3.54. The Bertz CT molecular complexity index is 1280. The highest BCUT2D eigenvalue weighted by atomic mass is 79.9. The van der Waals surface area contributed by atoms with Crippen molar-refractivity contribution in [2.45, 2.75) is 19.8 Å². The number of nitrogens with one attached hydrogen (secondary N) is 2. The minimum absolute atomic E-state index is 0.306. The van der Waals surface area contributed by atoms with Crippen molar-refractivity contribution < 1.29 is 9.53 Å². The molecular weight excluding hydrogens is 492 g/mol. The summed E-state index contributed by atoms with van der Waals surface area (Å²) in [5, 5.41) is 10.2. The topological polar surface area (TPSA) is 68.2 Å². The Kier molecular flexibility index (Phi) is 7.03. The molecule has 0 saturated carbocycles. The molecule has 0 aliphatic carbocycles. The Hall–Kier alpha value is -3.58. The van der Waals surface area contributed by atoms with Crippen molar-refractivity contribution in [3.05, 3.63) is 83.0 Å². The van der Waals surface area contributed by atoms with Gasteiger partial charge >= 0.3 is 6.03 Å². The molecule has 0 fully saturated rings. The zero-order chi connectivity index (χ0) is 24.2. The lowest BCUT2D eigenvalue weighted by Gasteiger charge is -2.14. The normalized spacial score (nSPS) is 10.9. The van der Waals surface area contributed by atoms with Gasteiger partial charge in [0.15, 0.2) is 0 Å². The highest BCUT2D eigenvalue weighted by Gasteiger charge is 2.14. The van der Waals surface area contributed by atoms with Crippen molar-refractivity contribution in [1.82, 2.24) is 9.78 Å². The summed E-state index contributed by atoms with van der Waals surface area (Å²) in [6.45, 7) is 4.28. The van der Waals surface area contributed by atoms with Crippen molar-refractivity contribution in [2.24, 2.45) is 7.05 Å². The highest BCUT2D eigenvalue weighted by molar-refractivity contribution is 9.10. The SMILES string of the molecule is COc1ccc(-c2cc(NC(=O)Nc3ccc(C(C)C)cc3)cc(-c3c(Br)cnn3C)c2)cc1. The second kappa shape index (κ2) is 10.1. The van der Waals surface area contributed by atoms with E-state index in [0.717, 1.165) is 38.3 Å². The van der Waals surface area contributed by atoms with Crippen molar-refractivity contribution >= 4 is 33.3 Å². The number of urea groups is 1. The third-order valence-corrected chi connectivity index (χ3v) is 6.20. The van der Waals surface area contributed by atoms with Crippen molar-refractivity contribution in [2.75, 3.05) is 17.7 Å². The first-order chi connectivity index (χ1) is 16.3. The number of hydrogen-bond donors (Lipinski definition) is 2. The van der Waals surface area contributed by atoms with E-state index >= 15 is 0 Å². The molecule has 0 saturated heterocycles. The zero-order valence-electron chi connectivity index (χ0n) is 19.6. The molecule has 0 radical (unpaired) electrons. The lowest BCUT2D eigenvalue weighted by molar-refractivity contribution is 0.262. The van der Waals surface area contributed by atoms with E-state index in [9.17, 15) is 4.79 Å². The average Bonchev–Trinajstić information content (AvgIpc) is 3.17. The molecule has 2 amide bonds. The molecule has 6 nitrogen and oxygen atoms in total. The number of aromatic nitrogens is 2. The van der Waals surface area contributed by atoms with Crippen LogP contribution in [0.25, 0.3) is 22.4 Å². The van der Waals surface area contributed by atoms with Crippen molar-refractivity contribution in [1.29, 1.82) is 0 Å². The second-order valence-corrected chi connectivity index (χ2v) is 9.20. The second-order valence-electron chi connectivity index (χ2n) is 8.35. The first kappa shape index (κ1) is 23.6. The van der Waals surface area contributed by atoms with Crippen LogP contribution in [-0.2, 0) is 7.05 Å². The number of halogens is 1. The van der Waals surface area contributed by atoms with Crippen LogP contribution >= 0.6 is 15.9 Å². The summed E-state index contributed by atoms with van der Waals surface area (Å²) in [6, 6.07) is 21.4. The van der Waals surface area contributed by atoms with Gasteiger partial charge in [-0.3, -0.25) is 4.68 Å². The summed E-state index contributed by atoms with van der Waals surface area (Å²) >= 11 is 3.59. The minimum Gasteiger partial charge on any atom is -0.497 e. The van der Waals surface area contributed by atoms with E-state index in [4.69, 9.17) is 4.74 Å². The van der Waals surface area contributed by atoms with E-state index in [0.29, 0.717) is 11.6 Å². The lowest BCUT2D eigenvalue weighted by Crippen LogP contribution is -2.19. The maximum atomic E-state index is 12.8. The molecule has 0 bridgehead atoms. The molecule has 4 rings (SSSR count). The summed E-state index contributed by atoms with van der Waals surface area (Å²) in [4.78, 5) is 12.8. The largest absolute Gasteiger partial charge is 0.497 e. The van der Waals surface area contributed by atoms with Crippen molar-refractivity contribution in [3.8, 4) is 28.1 Å². The van der Waals surface area contributed by atoms with Gasteiger partial charge in [-0.05, 0) is 81.0 Å². The first-order valence-electron chi connectivity index (χ1n) is 11.0. The fraction of sp³-hybridized carbons (Fsp3) is 0.185. The number of hydrogen-bond acceptors (Lipinski definition) is 3. The number of ether oxygens (including phenoxy) is 1. The number of anilines is 2. The van der Waals surface area contributed by atoms with Crippen LogP contribution in [0.2, 0.25) is 0 Å². The van der Waals surface area contributed by atoms with Gasteiger partial charge in [0.1, 0.15) is 5.75 Å². The third kappa shape index (κ3) is 5.31. The van der Waals surface area contributed by atoms with Gasteiger partial charge in [-0.15, -0.1) is 0 Å². The van der Waals surface area contributed by atoms with Gasteiger partial charge in [-0.1, -0.05) is 38.1 Å². The predicted molar refractivity (Wildman–Crippen MR) is 142 cm³/mol. The molecule has 2 N–H and O–H groups in total. The molecule has 0 atom stereocenters. The predicted octanol–water partition coefficient (Wildman–Crippen LogP) is 7.29. The third-order valence-electron chi connectivity index (χ3n) is 5.62. The number of methoxy groups -OCH3 is 1. The number of carbonyl (C=O) groups is 1. The Labute approximate surface area is 208 Å². The van der Waals surface area contributed by atoms with Gasteiger partial charge < -0.3 is 15.4 Å². The molecule has 174 valence electrons. The number of benzene rings is 3. The first-order valence-corrected chi connectivity index (χ1v) is 11.8. The molecule has 0 aliphatic heterocycles. The molecule has 7 heteroatoms. The molecule has 4 aromatic rings.